The Kier molecular flexibility index (Phi) is 2.31. The van der Waals surface area contributed by atoms with E-state index in [-0.39, 0.29) is 13.1 Å². The fourth-order valence-corrected chi connectivity index (χ4v) is 1.53. The summed E-state index contributed by atoms with van der Waals surface area (Å²) in [5.74, 6) is 1.21. The third-order valence-corrected chi connectivity index (χ3v) is 2.27. The monoisotopic (exact) mass is 199 g/mol. The van der Waals surface area contributed by atoms with Crippen LogP contribution in [0.15, 0.2) is 12.3 Å². The molecule has 0 radical (unpaired) electrons. The van der Waals surface area contributed by atoms with Crippen LogP contribution >= 0.6 is 0 Å². The molecule has 1 aromatic heterocycles. The number of aromatic nitrogens is 2. The number of aryl methyl sites for hydroxylation is 1. The molecule has 0 unspecified atom stereocenters. The van der Waals surface area contributed by atoms with Crippen LogP contribution in [-0.2, 0) is 0 Å². The summed E-state index contributed by atoms with van der Waals surface area (Å²) in [7, 11) is 0. The standard InChI is InChI=1S/C9H11F2N3/c1-6-12-3-2-9(13-6)14-4-7(10)8(11)5-14/h2-3,7-8H,4-5H2,1H3/t7-,8+. The summed E-state index contributed by atoms with van der Waals surface area (Å²) < 4.78 is 25.8. The maximum absolute atomic E-state index is 12.9. The van der Waals surface area contributed by atoms with E-state index >= 15 is 0 Å². The second kappa shape index (κ2) is 3.48. The molecule has 1 aromatic rings. The van der Waals surface area contributed by atoms with Crippen molar-refractivity contribution in [1.82, 2.24) is 9.97 Å². The summed E-state index contributed by atoms with van der Waals surface area (Å²) in [5, 5.41) is 0. The van der Waals surface area contributed by atoms with E-state index in [1.54, 1.807) is 24.1 Å². The molecule has 0 spiro atoms. The van der Waals surface area contributed by atoms with Crippen molar-refractivity contribution in [1.29, 1.82) is 0 Å². The third kappa shape index (κ3) is 1.66. The fraction of sp³-hybridized carbons (Fsp3) is 0.556. The van der Waals surface area contributed by atoms with Crippen LogP contribution in [0, 0.1) is 6.92 Å². The van der Waals surface area contributed by atoms with Gasteiger partial charge in [-0.3, -0.25) is 0 Å². The Morgan fingerprint density at radius 2 is 2.00 bits per heavy atom. The molecule has 0 amide bonds. The van der Waals surface area contributed by atoms with Gasteiger partial charge in [-0.1, -0.05) is 0 Å². The zero-order valence-corrected chi connectivity index (χ0v) is 7.82. The molecule has 2 rings (SSSR count). The smallest absolute Gasteiger partial charge is 0.150 e. The summed E-state index contributed by atoms with van der Waals surface area (Å²) in [6.07, 6.45) is -1.20. The third-order valence-electron chi connectivity index (χ3n) is 2.27. The lowest BCUT2D eigenvalue weighted by Crippen LogP contribution is -2.21. The van der Waals surface area contributed by atoms with Crippen LogP contribution in [0.1, 0.15) is 5.82 Å². The molecule has 0 aliphatic carbocycles. The van der Waals surface area contributed by atoms with Gasteiger partial charge in [0.1, 0.15) is 11.6 Å². The maximum Gasteiger partial charge on any atom is 0.150 e. The van der Waals surface area contributed by atoms with Crippen LogP contribution in [0.2, 0.25) is 0 Å². The minimum Gasteiger partial charge on any atom is -0.350 e. The number of halogens is 2. The van der Waals surface area contributed by atoms with Crippen molar-refractivity contribution in [2.75, 3.05) is 18.0 Å². The SMILES string of the molecule is Cc1nccc(N2C[C@@H](F)[C@@H](F)C2)n1. The van der Waals surface area contributed by atoms with E-state index in [0.717, 1.165) is 0 Å². The molecule has 5 heteroatoms. The molecule has 76 valence electrons. The predicted molar refractivity (Wildman–Crippen MR) is 48.8 cm³/mol. The van der Waals surface area contributed by atoms with Crippen molar-refractivity contribution in [3.63, 3.8) is 0 Å². The van der Waals surface area contributed by atoms with E-state index in [0.29, 0.717) is 11.6 Å². The van der Waals surface area contributed by atoms with Crippen LogP contribution in [0.4, 0.5) is 14.6 Å². The number of rotatable bonds is 1. The topological polar surface area (TPSA) is 29.0 Å². The van der Waals surface area contributed by atoms with Gasteiger partial charge in [0.2, 0.25) is 0 Å². The second-order valence-electron chi connectivity index (χ2n) is 3.40. The van der Waals surface area contributed by atoms with Crippen molar-refractivity contribution < 1.29 is 8.78 Å². The Bertz CT molecular complexity index is 322. The average Bonchev–Trinajstić information content (AvgIpc) is 2.47. The molecular formula is C9H11F2N3. The van der Waals surface area contributed by atoms with Gasteiger partial charge in [-0.15, -0.1) is 0 Å². The highest BCUT2D eigenvalue weighted by Gasteiger charge is 2.33. The van der Waals surface area contributed by atoms with Crippen molar-refractivity contribution in [2.24, 2.45) is 0 Å². The zero-order valence-electron chi connectivity index (χ0n) is 7.82. The minimum atomic E-state index is -1.40. The van der Waals surface area contributed by atoms with Crippen LogP contribution in [0.5, 0.6) is 0 Å². The highest BCUT2D eigenvalue weighted by Crippen LogP contribution is 2.21. The number of hydrogen-bond acceptors (Lipinski definition) is 3. The molecule has 1 aliphatic rings. The predicted octanol–water partition coefficient (Wildman–Crippen LogP) is 1.28. The van der Waals surface area contributed by atoms with Gasteiger partial charge in [0, 0.05) is 6.20 Å². The van der Waals surface area contributed by atoms with E-state index in [4.69, 9.17) is 0 Å². The molecule has 1 saturated heterocycles. The van der Waals surface area contributed by atoms with Gasteiger partial charge in [0.05, 0.1) is 13.1 Å². The van der Waals surface area contributed by atoms with Gasteiger partial charge in [-0.05, 0) is 13.0 Å². The molecule has 0 aromatic carbocycles. The van der Waals surface area contributed by atoms with Crippen molar-refractivity contribution in [3.8, 4) is 0 Å². The molecule has 0 bridgehead atoms. The van der Waals surface area contributed by atoms with Crippen molar-refractivity contribution in [3.05, 3.63) is 18.1 Å². The normalized spacial score (nSPS) is 26.9. The van der Waals surface area contributed by atoms with Gasteiger partial charge in [-0.25, -0.2) is 18.7 Å². The minimum absolute atomic E-state index is 0.0810. The van der Waals surface area contributed by atoms with Crippen LogP contribution in [-0.4, -0.2) is 35.4 Å². The number of alkyl halides is 2. The molecule has 1 fully saturated rings. The summed E-state index contributed by atoms with van der Waals surface area (Å²) in [4.78, 5) is 9.63. The van der Waals surface area contributed by atoms with Gasteiger partial charge in [0.15, 0.2) is 12.3 Å². The fourth-order valence-electron chi connectivity index (χ4n) is 1.53. The average molecular weight is 199 g/mol. The summed E-state index contributed by atoms with van der Waals surface area (Å²) in [6, 6.07) is 1.66. The maximum atomic E-state index is 12.9. The first-order valence-electron chi connectivity index (χ1n) is 4.49. The Balaban J connectivity index is 2.17. The molecule has 3 nitrogen and oxygen atoms in total. The Hall–Kier alpha value is -1.26. The van der Waals surface area contributed by atoms with E-state index in [1.165, 1.54) is 0 Å². The van der Waals surface area contributed by atoms with Crippen LogP contribution in [0.25, 0.3) is 0 Å². The number of hydrogen-bond donors (Lipinski definition) is 0. The van der Waals surface area contributed by atoms with Gasteiger partial charge >= 0.3 is 0 Å². The lowest BCUT2D eigenvalue weighted by Gasteiger charge is -2.15. The summed E-state index contributed by atoms with van der Waals surface area (Å²) in [5.41, 5.74) is 0. The van der Waals surface area contributed by atoms with Crippen LogP contribution in [0.3, 0.4) is 0 Å². The lowest BCUT2D eigenvalue weighted by atomic mass is 10.3. The highest BCUT2D eigenvalue weighted by atomic mass is 19.2. The molecular weight excluding hydrogens is 188 g/mol. The Labute approximate surface area is 80.8 Å². The van der Waals surface area contributed by atoms with Crippen molar-refractivity contribution >= 4 is 5.82 Å². The van der Waals surface area contributed by atoms with E-state index in [2.05, 4.69) is 9.97 Å². The Morgan fingerprint density at radius 1 is 1.36 bits per heavy atom. The number of anilines is 1. The first-order chi connectivity index (χ1) is 6.66. The second-order valence-corrected chi connectivity index (χ2v) is 3.40. The van der Waals surface area contributed by atoms with Gasteiger partial charge in [-0.2, -0.15) is 0 Å². The number of nitrogens with zero attached hydrogens (tertiary/aromatic N) is 3. The van der Waals surface area contributed by atoms with E-state index in [1.807, 2.05) is 0 Å². The molecule has 0 saturated carbocycles. The molecule has 1 aliphatic heterocycles. The largest absolute Gasteiger partial charge is 0.350 e. The first kappa shape index (κ1) is 9.30. The summed E-state index contributed by atoms with van der Waals surface area (Å²) >= 11 is 0. The van der Waals surface area contributed by atoms with Gasteiger partial charge < -0.3 is 4.90 Å². The highest BCUT2D eigenvalue weighted by molar-refractivity contribution is 5.39. The molecule has 14 heavy (non-hydrogen) atoms. The van der Waals surface area contributed by atoms with Crippen molar-refractivity contribution in [2.45, 2.75) is 19.3 Å². The quantitative estimate of drug-likeness (QED) is 0.682. The van der Waals surface area contributed by atoms with E-state index in [9.17, 15) is 8.78 Å². The molecule has 2 heterocycles. The molecule has 2 atom stereocenters. The Morgan fingerprint density at radius 3 is 2.57 bits per heavy atom. The zero-order chi connectivity index (χ0) is 10.1. The molecule has 0 N–H and O–H groups in total. The summed E-state index contributed by atoms with van der Waals surface area (Å²) in [6.45, 7) is 1.91. The van der Waals surface area contributed by atoms with Crippen LogP contribution < -0.4 is 4.90 Å². The first-order valence-corrected chi connectivity index (χ1v) is 4.49. The van der Waals surface area contributed by atoms with Gasteiger partial charge in [0.25, 0.3) is 0 Å². The van der Waals surface area contributed by atoms with E-state index < -0.39 is 12.3 Å². The lowest BCUT2D eigenvalue weighted by molar-refractivity contribution is 0.217.